The van der Waals surface area contributed by atoms with Gasteiger partial charge < -0.3 is 0 Å². The van der Waals surface area contributed by atoms with Crippen LogP contribution < -0.4 is 0 Å². The van der Waals surface area contributed by atoms with Crippen LogP contribution >= 0.6 is 0 Å². The van der Waals surface area contributed by atoms with Crippen LogP contribution in [0.2, 0.25) is 0 Å². The van der Waals surface area contributed by atoms with E-state index in [1.165, 1.54) is 49.0 Å². The molecule has 1 heterocycles. The minimum Gasteiger partial charge on any atom is -0.208 e. The Labute approximate surface area is 269 Å². The van der Waals surface area contributed by atoms with Crippen molar-refractivity contribution in [1.82, 2.24) is 15.0 Å². The normalized spacial score (nSPS) is 10.3. The number of aromatic nitrogens is 3. The van der Waals surface area contributed by atoms with E-state index in [0.29, 0.717) is 17.5 Å². The quantitative estimate of drug-likeness (QED) is 0.205. The van der Waals surface area contributed by atoms with E-state index in [1.807, 2.05) is 41.5 Å². The van der Waals surface area contributed by atoms with Gasteiger partial charge in [-0.3, -0.25) is 0 Å². The zero-order valence-corrected chi connectivity index (χ0v) is 28.2. The fourth-order valence-corrected chi connectivity index (χ4v) is 5.28. The van der Waals surface area contributed by atoms with Crippen LogP contribution in [0.1, 0.15) is 58.2 Å². The lowest BCUT2D eigenvalue weighted by molar-refractivity contribution is 1.08. The zero-order chi connectivity index (χ0) is 32.5. The first-order valence-electron chi connectivity index (χ1n) is 16.3. The number of rotatable bonds is 3. The molecule has 0 saturated carbocycles. The van der Waals surface area contributed by atoms with E-state index < -0.39 is 0 Å². The summed E-state index contributed by atoms with van der Waals surface area (Å²) in [6.45, 7) is 18.4. The highest BCUT2D eigenvalue weighted by Crippen LogP contribution is 2.30. The number of nitrogens with zero attached hydrogens (tertiary/aromatic N) is 3. The first kappa shape index (κ1) is 33.0. The summed E-state index contributed by atoms with van der Waals surface area (Å²) < 4.78 is 0. The molecule has 6 aromatic carbocycles. The van der Waals surface area contributed by atoms with Crippen molar-refractivity contribution in [2.24, 2.45) is 0 Å². The summed E-state index contributed by atoms with van der Waals surface area (Å²) in [6.07, 6.45) is 0. The Bertz CT molecular complexity index is 1950. The van der Waals surface area contributed by atoms with Crippen LogP contribution in [0.25, 0.3) is 66.5 Å². The van der Waals surface area contributed by atoms with Crippen LogP contribution in [0, 0.1) is 20.8 Å². The number of hydrogen-bond acceptors (Lipinski definition) is 3. The standard InChI is InChI=1S/C36H27N3.3C2H6/c1-22-6-9-28-19-29(15-12-27(28)16-22)34-37-35(30-13-10-25-7-4-23(2)17-32(25)20-30)39-36(38-34)31-14-11-26-8-5-24(3)18-33(26)21-31;3*1-2/h4-21H,1-3H3;3*1-2H3. The lowest BCUT2D eigenvalue weighted by Crippen LogP contribution is -2.00. The number of aryl methyl sites for hydroxylation is 3. The van der Waals surface area contributed by atoms with Crippen LogP contribution in [0.4, 0.5) is 0 Å². The van der Waals surface area contributed by atoms with Gasteiger partial charge in [-0.1, -0.05) is 149 Å². The van der Waals surface area contributed by atoms with Crippen molar-refractivity contribution < 1.29 is 0 Å². The molecule has 228 valence electrons. The van der Waals surface area contributed by atoms with E-state index in [9.17, 15) is 0 Å². The summed E-state index contributed by atoms with van der Waals surface area (Å²) in [7, 11) is 0. The van der Waals surface area contributed by atoms with Crippen molar-refractivity contribution >= 4 is 32.3 Å². The highest BCUT2D eigenvalue weighted by molar-refractivity contribution is 5.90. The predicted molar refractivity (Wildman–Crippen MR) is 197 cm³/mol. The molecule has 3 nitrogen and oxygen atoms in total. The van der Waals surface area contributed by atoms with Gasteiger partial charge >= 0.3 is 0 Å². The van der Waals surface area contributed by atoms with Crippen LogP contribution in [-0.4, -0.2) is 15.0 Å². The monoisotopic (exact) mass is 591 g/mol. The summed E-state index contributed by atoms with van der Waals surface area (Å²) in [6, 6.07) is 38.8. The van der Waals surface area contributed by atoms with Gasteiger partial charge in [0.15, 0.2) is 17.5 Å². The third-order valence-corrected chi connectivity index (χ3v) is 7.40. The average molecular weight is 592 g/mol. The minimum atomic E-state index is 0.672. The van der Waals surface area contributed by atoms with E-state index in [4.69, 9.17) is 15.0 Å². The number of hydrogen-bond donors (Lipinski definition) is 0. The molecule has 0 aliphatic rings. The Morgan fingerprint density at radius 1 is 0.289 bits per heavy atom. The van der Waals surface area contributed by atoms with E-state index in [-0.39, 0.29) is 0 Å². The Morgan fingerprint density at radius 3 is 0.956 bits per heavy atom. The molecule has 0 bridgehead atoms. The molecule has 0 N–H and O–H groups in total. The van der Waals surface area contributed by atoms with Crippen LogP contribution in [0.3, 0.4) is 0 Å². The van der Waals surface area contributed by atoms with Crippen molar-refractivity contribution in [1.29, 1.82) is 0 Å². The predicted octanol–water partition coefficient (Wildman–Crippen LogP) is 12.3. The molecular formula is C42H45N3. The molecule has 45 heavy (non-hydrogen) atoms. The van der Waals surface area contributed by atoms with Gasteiger partial charge in [0.2, 0.25) is 0 Å². The molecule has 0 spiro atoms. The lowest BCUT2D eigenvalue weighted by Gasteiger charge is -2.11. The molecule has 0 amide bonds. The largest absolute Gasteiger partial charge is 0.208 e. The third kappa shape index (κ3) is 7.44. The van der Waals surface area contributed by atoms with Gasteiger partial charge in [0.25, 0.3) is 0 Å². The molecule has 0 aliphatic heterocycles. The Kier molecular flexibility index (Phi) is 11.2. The van der Waals surface area contributed by atoms with Crippen LogP contribution in [-0.2, 0) is 0 Å². The number of benzene rings is 6. The van der Waals surface area contributed by atoms with Crippen molar-refractivity contribution in [3.8, 4) is 34.2 Å². The molecule has 0 saturated heterocycles. The van der Waals surface area contributed by atoms with E-state index >= 15 is 0 Å². The van der Waals surface area contributed by atoms with Gasteiger partial charge in [0, 0.05) is 16.7 Å². The van der Waals surface area contributed by atoms with Crippen LogP contribution in [0.15, 0.2) is 109 Å². The van der Waals surface area contributed by atoms with Gasteiger partial charge in [-0.05, 0) is 71.3 Å². The maximum absolute atomic E-state index is 5.01. The molecule has 0 unspecified atom stereocenters. The first-order chi connectivity index (χ1) is 22.0. The smallest absolute Gasteiger partial charge is 0.164 e. The molecule has 7 aromatic rings. The maximum Gasteiger partial charge on any atom is 0.164 e. The Hall–Kier alpha value is -4.89. The van der Waals surface area contributed by atoms with Gasteiger partial charge in [-0.15, -0.1) is 0 Å². The topological polar surface area (TPSA) is 38.7 Å². The third-order valence-electron chi connectivity index (χ3n) is 7.40. The molecule has 0 atom stereocenters. The highest BCUT2D eigenvalue weighted by atomic mass is 15.0. The fourth-order valence-electron chi connectivity index (χ4n) is 5.28. The molecule has 0 aliphatic carbocycles. The van der Waals surface area contributed by atoms with Crippen molar-refractivity contribution in [2.45, 2.75) is 62.3 Å². The van der Waals surface area contributed by atoms with Gasteiger partial charge in [-0.2, -0.15) is 0 Å². The average Bonchev–Trinajstić information content (AvgIpc) is 3.09. The lowest BCUT2D eigenvalue weighted by atomic mass is 10.0. The van der Waals surface area contributed by atoms with E-state index in [0.717, 1.165) is 16.7 Å². The van der Waals surface area contributed by atoms with Crippen molar-refractivity contribution in [3.63, 3.8) is 0 Å². The molecule has 0 radical (unpaired) electrons. The highest BCUT2D eigenvalue weighted by Gasteiger charge is 2.14. The fraction of sp³-hybridized carbons (Fsp3) is 0.214. The summed E-state index contributed by atoms with van der Waals surface area (Å²) >= 11 is 0. The molecule has 0 fully saturated rings. The van der Waals surface area contributed by atoms with Gasteiger partial charge in [0.05, 0.1) is 0 Å². The second kappa shape index (κ2) is 15.2. The number of fused-ring (bicyclic) bond motifs is 3. The second-order valence-electron chi connectivity index (χ2n) is 10.5. The molecule has 3 heteroatoms. The summed E-state index contributed by atoms with van der Waals surface area (Å²) in [5.74, 6) is 2.02. The Morgan fingerprint density at radius 2 is 0.556 bits per heavy atom. The molecule has 1 aromatic heterocycles. The summed E-state index contributed by atoms with van der Waals surface area (Å²) in [5.41, 5.74) is 6.64. The van der Waals surface area contributed by atoms with Gasteiger partial charge in [-0.25, -0.2) is 15.0 Å². The second-order valence-corrected chi connectivity index (χ2v) is 10.5. The molecule has 7 rings (SSSR count). The van der Waals surface area contributed by atoms with Gasteiger partial charge in [0.1, 0.15) is 0 Å². The zero-order valence-electron chi connectivity index (χ0n) is 28.2. The summed E-state index contributed by atoms with van der Waals surface area (Å²) in [4.78, 5) is 15.0. The van der Waals surface area contributed by atoms with Crippen molar-refractivity contribution in [3.05, 3.63) is 126 Å². The molecular weight excluding hydrogens is 546 g/mol. The summed E-state index contributed by atoms with van der Waals surface area (Å²) in [5, 5.41) is 7.14. The maximum atomic E-state index is 5.01. The SMILES string of the molecule is CC.CC.CC.Cc1ccc2cc(-c3nc(-c4ccc5ccc(C)cc5c4)nc(-c4ccc5ccc(C)cc5c4)n3)ccc2c1. The minimum absolute atomic E-state index is 0.672. The Balaban J connectivity index is 0.000000727. The van der Waals surface area contributed by atoms with E-state index in [2.05, 4.69) is 130 Å². The van der Waals surface area contributed by atoms with Crippen LogP contribution in [0.5, 0.6) is 0 Å². The first-order valence-corrected chi connectivity index (χ1v) is 16.3. The van der Waals surface area contributed by atoms with E-state index in [1.54, 1.807) is 0 Å². The van der Waals surface area contributed by atoms with Crippen molar-refractivity contribution in [2.75, 3.05) is 0 Å².